The smallest absolute Gasteiger partial charge is 0.0633 e. The molecular formula is C18H21N3. The van der Waals surface area contributed by atoms with Crippen LogP contribution in [0.2, 0.25) is 0 Å². The van der Waals surface area contributed by atoms with Crippen LogP contribution in [0.1, 0.15) is 31.4 Å². The SMILES string of the molecule is c1ccc(N2C3CC[C@@H]2C[C@H](Cc2cccnn2)C3)cc1. The molecule has 0 spiro atoms. The third-order valence-electron chi connectivity index (χ3n) is 5.01. The highest BCUT2D eigenvalue weighted by atomic mass is 15.2. The molecule has 3 heteroatoms. The summed E-state index contributed by atoms with van der Waals surface area (Å²) < 4.78 is 0. The fraction of sp³-hybridized carbons (Fsp3) is 0.444. The molecule has 1 aromatic carbocycles. The number of aromatic nitrogens is 2. The maximum atomic E-state index is 4.26. The van der Waals surface area contributed by atoms with E-state index >= 15 is 0 Å². The van der Waals surface area contributed by atoms with Crippen molar-refractivity contribution >= 4 is 5.69 Å². The monoisotopic (exact) mass is 279 g/mol. The Labute approximate surface area is 126 Å². The van der Waals surface area contributed by atoms with Crippen LogP contribution in [0.4, 0.5) is 5.69 Å². The summed E-state index contributed by atoms with van der Waals surface area (Å²) in [6.45, 7) is 0. The molecule has 3 nitrogen and oxygen atoms in total. The second-order valence-corrected chi connectivity index (χ2v) is 6.38. The van der Waals surface area contributed by atoms with Crippen molar-refractivity contribution < 1.29 is 0 Å². The van der Waals surface area contributed by atoms with Crippen molar-refractivity contribution in [2.45, 2.75) is 44.2 Å². The summed E-state index contributed by atoms with van der Waals surface area (Å²) >= 11 is 0. The lowest BCUT2D eigenvalue weighted by Gasteiger charge is -2.40. The van der Waals surface area contributed by atoms with Gasteiger partial charge in [0.2, 0.25) is 0 Å². The number of piperidine rings is 1. The number of benzene rings is 1. The first-order chi connectivity index (χ1) is 10.4. The quantitative estimate of drug-likeness (QED) is 0.861. The average Bonchev–Trinajstić information content (AvgIpc) is 2.80. The molecule has 2 fully saturated rings. The summed E-state index contributed by atoms with van der Waals surface area (Å²) in [6, 6.07) is 16.5. The molecular weight excluding hydrogens is 258 g/mol. The number of fused-ring (bicyclic) bond motifs is 2. The molecule has 3 heterocycles. The van der Waals surface area contributed by atoms with E-state index < -0.39 is 0 Å². The van der Waals surface area contributed by atoms with Gasteiger partial charge in [0, 0.05) is 24.0 Å². The maximum absolute atomic E-state index is 4.26. The first-order valence-electron chi connectivity index (χ1n) is 8.00. The van der Waals surface area contributed by atoms with Crippen LogP contribution in [-0.2, 0) is 6.42 Å². The molecule has 1 unspecified atom stereocenters. The van der Waals surface area contributed by atoms with E-state index in [2.05, 4.69) is 51.5 Å². The van der Waals surface area contributed by atoms with Gasteiger partial charge in [-0.2, -0.15) is 10.2 Å². The van der Waals surface area contributed by atoms with Gasteiger partial charge in [-0.3, -0.25) is 0 Å². The van der Waals surface area contributed by atoms with Gasteiger partial charge in [-0.25, -0.2) is 0 Å². The summed E-state index contributed by atoms with van der Waals surface area (Å²) in [5.74, 6) is 0.763. The van der Waals surface area contributed by atoms with Crippen molar-refractivity contribution in [1.29, 1.82) is 0 Å². The van der Waals surface area contributed by atoms with E-state index in [4.69, 9.17) is 0 Å². The van der Waals surface area contributed by atoms with Gasteiger partial charge in [-0.05, 0) is 62.3 Å². The van der Waals surface area contributed by atoms with Crippen molar-refractivity contribution in [3.05, 3.63) is 54.4 Å². The summed E-state index contributed by atoms with van der Waals surface area (Å²) in [4.78, 5) is 2.67. The lowest BCUT2D eigenvalue weighted by Crippen LogP contribution is -2.43. The van der Waals surface area contributed by atoms with E-state index in [0.717, 1.165) is 18.0 Å². The highest BCUT2D eigenvalue weighted by Gasteiger charge is 2.40. The summed E-state index contributed by atoms with van der Waals surface area (Å²) in [7, 11) is 0. The minimum absolute atomic E-state index is 0.716. The Hall–Kier alpha value is -1.90. The molecule has 21 heavy (non-hydrogen) atoms. The molecule has 0 radical (unpaired) electrons. The van der Waals surface area contributed by atoms with Crippen molar-refractivity contribution in [3.8, 4) is 0 Å². The van der Waals surface area contributed by atoms with Crippen molar-refractivity contribution in [1.82, 2.24) is 10.2 Å². The number of anilines is 1. The number of rotatable bonds is 3. The molecule has 2 aliphatic heterocycles. The highest BCUT2D eigenvalue weighted by molar-refractivity contribution is 5.50. The Morgan fingerprint density at radius 1 is 0.952 bits per heavy atom. The van der Waals surface area contributed by atoms with Crippen molar-refractivity contribution in [2.75, 3.05) is 4.90 Å². The zero-order valence-corrected chi connectivity index (χ0v) is 12.2. The Balaban J connectivity index is 1.49. The minimum Gasteiger partial charge on any atom is -0.366 e. The van der Waals surface area contributed by atoms with Crippen LogP contribution in [0.25, 0.3) is 0 Å². The summed E-state index contributed by atoms with van der Waals surface area (Å²) in [5, 5.41) is 8.26. The van der Waals surface area contributed by atoms with Crippen LogP contribution in [0.3, 0.4) is 0 Å². The Bertz CT molecular complexity index is 570. The maximum Gasteiger partial charge on any atom is 0.0633 e. The zero-order chi connectivity index (χ0) is 14.1. The molecule has 2 saturated heterocycles. The summed E-state index contributed by atoms with van der Waals surface area (Å²) in [5.41, 5.74) is 2.55. The topological polar surface area (TPSA) is 29.0 Å². The number of para-hydroxylation sites is 1. The number of hydrogen-bond acceptors (Lipinski definition) is 3. The van der Waals surface area contributed by atoms with Crippen LogP contribution in [0, 0.1) is 5.92 Å². The molecule has 0 N–H and O–H groups in total. The van der Waals surface area contributed by atoms with Crippen molar-refractivity contribution in [2.24, 2.45) is 5.92 Å². The molecule has 2 aromatic rings. The molecule has 0 saturated carbocycles. The predicted molar refractivity (Wildman–Crippen MR) is 84.2 cm³/mol. The fourth-order valence-corrected chi connectivity index (χ4v) is 4.22. The van der Waals surface area contributed by atoms with Crippen LogP contribution < -0.4 is 4.90 Å². The largest absolute Gasteiger partial charge is 0.366 e. The second-order valence-electron chi connectivity index (χ2n) is 6.38. The fourth-order valence-electron chi connectivity index (χ4n) is 4.22. The molecule has 2 bridgehead atoms. The van der Waals surface area contributed by atoms with Gasteiger partial charge in [0.05, 0.1) is 5.69 Å². The molecule has 3 atom stereocenters. The Morgan fingerprint density at radius 3 is 2.38 bits per heavy atom. The van der Waals surface area contributed by atoms with Gasteiger partial charge in [0.25, 0.3) is 0 Å². The van der Waals surface area contributed by atoms with E-state index in [-0.39, 0.29) is 0 Å². The minimum atomic E-state index is 0.716. The summed E-state index contributed by atoms with van der Waals surface area (Å²) in [6.07, 6.45) is 8.12. The molecule has 2 aliphatic rings. The van der Waals surface area contributed by atoms with Crippen LogP contribution in [0.15, 0.2) is 48.7 Å². The van der Waals surface area contributed by atoms with Gasteiger partial charge in [0.15, 0.2) is 0 Å². The van der Waals surface area contributed by atoms with Crippen molar-refractivity contribution in [3.63, 3.8) is 0 Å². The highest BCUT2D eigenvalue weighted by Crippen LogP contribution is 2.42. The number of hydrogen-bond donors (Lipinski definition) is 0. The van der Waals surface area contributed by atoms with E-state index in [1.165, 1.54) is 31.4 Å². The van der Waals surface area contributed by atoms with Gasteiger partial charge < -0.3 is 4.90 Å². The first kappa shape index (κ1) is 12.8. The Kier molecular flexibility index (Phi) is 3.34. The lowest BCUT2D eigenvalue weighted by atomic mass is 9.87. The zero-order valence-electron chi connectivity index (χ0n) is 12.2. The molecule has 1 aromatic heterocycles. The van der Waals surface area contributed by atoms with Gasteiger partial charge >= 0.3 is 0 Å². The standard InChI is InChI=1S/C18H21N3/c1-2-6-16(7-3-1)21-17-8-9-18(21)13-14(12-17)11-15-5-4-10-19-20-15/h1-7,10,14,17-18H,8-9,11-13H2/t14-,17+,18?/m0/s1. The van der Waals surface area contributed by atoms with Crippen LogP contribution >= 0.6 is 0 Å². The molecule has 4 rings (SSSR count). The average molecular weight is 279 g/mol. The number of nitrogens with zero attached hydrogens (tertiary/aromatic N) is 3. The third kappa shape index (κ3) is 2.53. The van der Waals surface area contributed by atoms with Crippen LogP contribution in [-0.4, -0.2) is 22.3 Å². The Morgan fingerprint density at radius 2 is 1.71 bits per heavy atom. The third-order valence-corrected chi connectivity index (χ3v) is 5.01. The van der Waals surface area contributed by atoms with Gasteiger partial charge in [0.1, 0.15) is 0 Å². The second kappa shape index (κ2) is 5.47. The van der Waals surface area contributed by atoms with E-state index in [1.807, 2.05) is 6.07 Å². The van der Waals surface area contributed by atoms with Gasteiger partial charge in [-0.15, -0.1) is 0 Å². The molecule has 0 aliphatic carbocycles. The molecule has 0 amide bonds. The van der Waals surface area contributed by atoms with E-state index in [9.17, 15) is 0 Å². The van der Waals surface area contributed by atoms with Gasteiger partial charge in [-0.1, -0.05) is 18.2 Å². The van der Waals surface area contributed by atoms with Crippen LogP contribution in [0.5, 0.6) is 0 Å². The normalized spacial score (nSPS) is 27.8. The first-order valence-corrected chi connectivity index (χ1v) is 8.00. The van der Waals surface area contributed by atoms with E-state index in [1.54, 1.807) is 6.20 Å². The lowest BCUT2D eigenvalue weighted by molar-refractivity contribution is 0.335. The predicted octanol–water partition coefficient (Wildman–Crippen LogP) is 3.47. The molecule has 108 valence electrons. The van der Waals surface area contributed by atoms with E-state index in [0.29, 0.717) is 12.1 Å².